The Kier molecular flexibility index (Phi) is 17.2. The lowest BCUT2D eigenvalue weighted by molar-refractivity contribution is -0.157. The molecule has 3 rings (SSSR count). The summed E-state index contributed by atoms with van der Waals surface area (Å²) in [6.45, 7) is 19.6. The summed E-state index contributed by atoms with van der Waals surface area (Å²) in [6, 6.07) is 11.9. The Balaban J connectivity index is 1.72. The van der Waals surface area contributed by atoms with Crippen LogP contribution in [0.1, 0.15) is 112 Å². The molecule has 2 aliphatic rings. The van der Waals surface area contributed by atoms with E-state index >= 15 is 0 Å². The van der Waals surface area contributed by atoms with Gasteiger partial charge >= 0.3 is 17.9 Å². The molecule has 10 heteroatoms. The van der Waals surface area contributed by atoms with Gasteiger partial charge in [0.05, 0.1) is 30.3 Å². The fraction of sp³-hybridized carbons (Fsp3) is 0.651. The highest BCUT2D eigenvalue weighted by atomic mass is 28.4. The van der Waals surface area contributed by atoms with Gasteiger partial charge in [-0.2, -0.15) is 0 Å². The van der Waals surface area contributed by atoms with Gasteiger partial charge in [-0.3, -0.25) is 9.59 Å². The van der Waals surface area contributed by atoms with Gasteiger partial charge in [-0.25, -0.2) is 4.79 Å². The van der Waals surface area contributed by atoms with Crippen molar-refractivity contribution in [2.75, 3.05) is 0 Å². The van der Waals surface area contributed by atoms with Crippen molar-refractivity contribution in [2.24, 2.45) is 17.8 Å². The molecular formula is C43H66O9Si. The van der Waals surface area contributed by atoms with Crippen molar-refractivity contribution in [3.8, 4) is 0 Å². The number of epoxide rings is 1. The summed E-state index contributed by atoms with van der Waals surface area (Å²) < 4.78 is 30.5. The van der Waals surface area contributed by atoms with E-state index in [4.69, 9.17) is 23.4 Å². The molecule has 2 aliphatic heterocycles. The van der Waals surface area contributed by atoms with Gasteiger partial charge in [0, 0.05) is 18.8 Å². The summed E-state index contributed by atoms with van der Waals surface area (Å²) >= 11 is 0. The number of esters is 3. The van der Waals surface area contributed by atoms with Crippen LogP contribution in [0.25, 0.3) is 0 Å². The quantitative estimate of drug-likeness (QED) is 0.0441. The van der Waals surface area contributed by atoms with Crippen molar-refractivity contribution < 1.29 is 42.9 Å². The van der Waals surface area contributed by atoms with Crippen LogP contribution in [0.3, 0.4) is 0 Å². The standard InChI is InChI=1S/C43H66O9Si/c1-11-36(50-42(46)34-21-16-15-17-22-34)32(8)41-37(49-41)27-29(5)19-18-20-30(6)40-31(7)23-24-38(48-33(9)44)43(10,47)26-25-35(28-39(45)51-40)52-53(12-2,13-3)14-4/h15-24,29,31-32,35-38,40-41,47H,11-14,25-28H2,1-10H3. The van der Waals surface area contributed by atoms with Gasteiger partial charge in [-0.05, 0) is 87.4 Å². The van der Waals surface area contributed by atoms with Crippen molar-refractivity contribution in [2.45, 2.75) is 162 Å². The molecule has 1 aromatic rings. The van der Waals surface area contributed by atoms with E-state index in [2.05, 4.69) is 40.7 Å². The Bertz CT molecular complexity index is 1410. The van der Waals surface area contributed by atoms with E-state index in [0.717, 1.165) is 30.1 Å². The van der Waals surface area contributed by atoms with Crippen LogP contribution in [-0.2, 0) is 33.0 Å². The monoisotopic (exact) mass is 754 g/mol. The average Bonchev–Trinajstić information content (AvgIpc) is 3.90. The third kappa shape index (κ3) is 13.3. The molecule has 53 heavy (non-hydrogen) atoms. The molecule has 0 saturated carbocycles. The molecule has 0 radical (unpaired) electrons. The van der Waals surface area contributed by atoms with E-state index in [-0.39, 0.29) is 54.4 Å². The van der Waals surface area contributed by atoms with E-state index in [1.54, 1.807) is 25.1 Å². The van der Waals surface area contributed by atoms with E-state index < -0.39 is 38.2 Å². The Morgan fingerprint density at radius 2 is 1.72 bits per heavy atom. The fourth-order valence-corrected chi connectivity index (χ4v) is 10.3. The molecule has 0 bridgehead atoms. The summed E-state index contributed by atoms with van der Waals surface area (Å²) in [5.41, 5.74) is 0.0577. The highest BCUT2D eigenvalue weighted by Crippen LogP contribution is 2.38. The molecule has 10 unspecified atom stereocenters. The zero-order valence-corrected chi connectivity index (χ0v) is 34.8. The summed E-state index contributed by atoms with van der Waals surface area (Å²) in [4.78, 5) is 38.3. The van der Waals surface area contributed by atoms with Crippen LogP contribution >= 0.6 is 0 Å². The molecule has 10 atom stereocenters. The van der Waals surface area contributed by atoms with Crippen molar-refractivity contribution >= 4 is 26.2 Å². The predicted molar refractivity (Wildman–Crippen MR) is 211 cm³/mol. The Morgan fingerprint density at radius 3 is 2.32 bits per heavy atom. The number of carbonyl (C=O) groups excluding carboxylic acids is 3. The van der Waals surface area contributed by atoms with Crippen LogP contribution in [0.2, 0.25) is 18.1 Å². The zero-order chi connectivity index (χ0) is 39.3. The summed E-state index contributed by atoms with van der Waals surface area (Å²) in [5.74, 6) is -1.11. The lowest BCUT2D eigenvalue weighted by atomic mass is 9.88. The molecule has 0 aromatic heterocycles. The second-order valence-electron chi connectivity index (χ2n) is 15.5. The summed E-state index contributed by atoms with van der Waals surface area (Å²) in [6.07, 6.45) is 10.1. The van der Waals surface area contributed by atoms with Crippen LogP contribution in [0, 0.1) is 17.8 Å². The van der Waals surface area contributed by atoms with Gasteiger partial charge in [0.1, 0.15) is 23.9 Å². The second kappa shape index (κ2) is 20.6. The number of cyclic esters (lactones) is 1. The average molecular weight is 755 g/mol. The maximum Gasteiger partial charge on any atom is 0.338 e. The minimum Gasteiger partial charge on any atom is -0.458 e. The zero-order valence-electron chi connectivity index (χ0n) is 33.8. The first kappa shape index (κ1) is 44.3. The number of aliphatic hydroxyl groups is 1. The minimum absolute atomic E-state index is 0.0316. The number of carbonyl (C=O) groups is 3. The maximum atomic E-state index is 13.6. The molecule has 9 nitrogen and oxygen atoms in total. The normalized spacial score (nSPS) is 29.0. The first-order chi connectivity index (χ1) is 25.1. The van der Waals surface area contributed by atoms with Crippen molar-refractivity contribution in [1.29, 1.82) is 0 Å². The molecular weight excluding hydrogens is 689 g/mol. The Morgan fingerprint density at radius 1 is 1.06 bits per heavy atom. The summed E-state index contributed by atoms with van der Waals surface area (Å²) in [5, 5.41) is 11.5. The highest BCUT2D eigenvalue weighted by molar-refractivity contribution is 6.73. The van der Waals surface area contributed by atoms with Gasteiger partial charge < -0.3 is 28.5 Å². The number of allylic oxidation sites excluding steroid dienone is 3. The van der Waals surface area contributed by atoms with Gasteiger partial charge in [-0.15, -0.1) is 0 Å². The van der Waals surface area contributed by atoms with E-state index in [0.29, 0.717) is 24.8 Å². The van der Waals surface area contributed by atoms with E-state index in [9.17, 15) is 19.5 Å². The Hall–Kier alpha value is -3.05. The van der Waals surface area contributed by atoms with Crippen LogP contribution < -0.4 is 0 Å². The molecule has 296 valence electrons. The molecule has 1 saturated heterocycles. The molecule has 0 spiro atoms. The number of ether oxygens (including phenoxy) is 4. The molecule has 0 aliphatic carbocycles. The molecule has 1 aromatic carbocycles. The molecule has 2 heterocycles. The lowest BCUT2D eigenvalue weighted by Crippen LogP contribution is -2.45. The SMILES string of the molecule is CCC(OC(=O)c1ccccc1)C(C)C1OC1CC(C)C=CC=C(C)C1OC(=O)CC(O[Si](CC)(CC)CC)CCC(C)(O)C(OC(C)=O)C=CC1C. The van der Waals surface area contributed by atoms with Crippen molar-refractivity contribution in [1.82, 2.24) is 0 Å². The van der Waals surface area contributed by atoms with Gasteiger partial charge in [0.2, 0.25) is 0 Å². The minimum atomic E-state index is -2.08. The molecule has 1 fully saturated rings. The maximum absolute atomic E-state index is 13.6. The Labute approximate surface area is 319 Å². The van der Waals surface area contributed by atoms with Crippen LogP contribution in [0.5, 0.6) is 0 Å². The number of rotatable bonds is 16. The van der Waals surface area contributed by atoms with Crippen LogP contribution in [0.15, 0.2) is 66.3 Å². The van der Waals surface area contributed by atoms with Gasteiger partial charge in [-0.1, -0.05) is 91.0 Å². The third-order valence-corrected chi connectivity index (χ3v) is 15.9. The van der Waals surface area contributed by atoms with Crippen LogP contribution in [-0.4, -0.2) is 73.6 Å². The fourth-order valence-electron chi connectivity index (χ4n) is 7.37. The highest BCUT2D eigenvalue weighted by Gasteiger charge is 2.46. The second-order valence-corrected chi connectivity index (χ2v) is 20.2. The van der Waals surface area contributed by atoms with E-state index in [1.165, 1.54) is 6.92 Å². The smallest absolute Gasteiger partial charge is 0.338 e. The molecule has 0 amide bonds. The van der Waals surface area contributed by atoms with Crippen molar-refractivity contribution in [3.05, 3.63) is 71.8 Å². The topological polar surface area (TPSA) is 121 Å². The largest absolute Gasteiger partial charge is 0.458 e. The van der Waals surface area contributed by atoms with Crippen LogP contribution in [0.4, 0.5) is 0 Å². The number of hydrogen-bond donors (Lipinski definition) is 1. The van der Waals surface area contributed by atoms with Gasteiger partial charge in [0.15, 0.2) is 8.32 Å². The first-order valence-corrected chi connectivity index (χ1v) is 22.3. The summed E-state index contributed by atoms with van der Waals surface area (Å²) in [7, 11) is -2.08. The molecule has 1 N–H and O–H groups in total. The predicted octanol–water partition coefficient (Wildman–Crippen LogP) is 8.92. The number of hydrogen-bond acceptors (Lipinski definition) is 9. The van der Waals surface area contributed by atoms with Crippen molar-refractivity contribution in [3.63, 3.8) is 0 Å². The van der Waals surface area contributed by atoms with Gasteiger partial charge in [0.25, 0.3) is 0 Å². The van der Waals surface area contributed by atoms with E-state index in [1.807, 2.05) is 57.2 Å². The number of benzene rings is 1. The first-order valence-electron chi connectivity index (χ1n) is 19.8. The lowest BCUT2D eigenvalue weighted by Gasteiger charge is -2.36. The third-order valence-electron chi connectivity index (χ3n) is 11.2.